The van der Waals surface area contributed by atoms with Crippen molar-refractivity contribution in [3.05, 3.63) is 23.3 Å². The fraction of sp³-hybridized carbons (Fsp3) is 0.588. The summed E-state index contributed by atoms with van der Waals surface area (Å²) in [4.78, 5) is 11.7. The summed E-state index contributed by atoms with van der Waals surface area (Å²) in [7, 11) is 1.59. The van der Waals surface area contributed by atoms with E-state index < -0.39 is 0 Å². The lowest BCUT2D eigenvalue weighted by atomic mass is 10.1. The maximum Gasteiger partial charge on any atom is 0.226 e. The van der Waals surface area contributed by atoms with E-state index in [-0.39, 0.29) is 5.91 Å². The highest BCUT2D eigenvalue weighted by Gasteiger charge is 2.09. The molecule has 124 valence electrons. The summed E-state index contributed by atoms with van der Waals surface area (Å²) in [5, 5.41) is 6.20. The molecule has 5 nitrogen and oxygen atoms in total. The molecule has 0 aliphatic rings. The first-order chi connectivity index (χ1) is 10.4. The van der Waals surface area contributed by atoms with Gasteiger partial charge in [-0.1, -0.05) is 13.8 Å². The van der Waals surface area contributed by atoms with Crippen LogP contribution in [0.5, 0.6) is 5.75 Å². The number of anilines is 1. The Morgan fingerprint density at radius 1 is 1.18 bits per heavy atom. The molecular weight excluding hydrogens is 280 g/mol. The Labute approximate surface area is 133 Å². The minimum atomic E-state index is -0.0459. The molecule has 0 aliphatic carbocycles. The van der Waals surface area contributed by atoms with Crippen LogP contribution in [0.15, 0.2) is 12.1 Å². The van der Waals surface area contributed by atoms with Crippen molar-refractivity contribution in [2.45, 2.75) is 40.2 Å². The molecule has 0 fully saturated rings. The van der Waals surface area contributed by atoms with Crippen LogP contribution in [0.2, 0.25) is 0 Å². The predicted octanol–water partition coefficient (Wildman–Crippen LogP) is 2.66. The normalized spacial score (nSPS) is 10.8. The van der Waals surface area contributed by atoms with Crippen LogP contribution < -0.4 is 15.4 Å². The molecule has 0 heterocycles. The Balaban J connectivity index is 2.61. The average Bonchev–Trinajstić information content (AvgIpc) is 2.43. The van der Waals surface area contributed by atoms with Gasteiger partial charge in [-0.25, -0.2) is 0 Å². The topological polar surface area (TPSA) is 59.6 Å². The second-order valence-electron chi connectivity index (χ2n) is 5.69. The van der Waals surface area contributed by atoms with Gasteiger partial charge in [-0.3, -0.25) is 4.79 Å². The zero-order chi connectivity index (χ0) is 16.5. The third-order valence-electron chi connectivity index (χ3n) is 3.18. The predicted molar refractivity (Wildman–Crippen MR) is 89.7 cm³/mol. The Bertz CT molecular complexity index is 464. The van der Waals surface area contributed by atoms with Gasteiger partial charge in [0.25, 0.3) is 0 Å². The van der Waals surface area contributed by atoms with Crippen molar-refractivity contribution in [3.8, 4) is 5.75 Å². The van der Waals surface area contributed by atoms with Gasteiger partial charge in [0.05, 0.1) is 13.0 Å². The first kappa shape index (κ1) is 18.5. The molecule has 0 spiro atoms. The van der Waals surface area contributed by atoms with Crippen LogP contribution in [0.25, 0.3) is 0 Å². The van der Waals surface area contributed by atoms with E-state index >= 15 is 0 Å². The maximum atomic E-state index is 11.7. The fourth-order valence-corrected chi connectivity index (χ4v) is 2.17. The van der Waals surface area contributed by atoms with Crippen molar-refractivity contribution >= 4 is 11.6 Å². The number of ether oxygens (including phenoxy) is 2. The van der Waals surface area contributed by atoms with E-state index in [1.165, 1.54) is 0 Å². The van der Waals surface area contributed by atoms with E-state index in [0.717, 1.165) is 29.1 Å². The van der Waals surface area contributed by atoms with E-state index in [2.05, 4.69) is 24.5 Å². The minimum Gasteiger partial charge on any atom is -0.492 e. The fourth-order valence-electron chi connectivity index (χ4n) is 2.17. The van der Waals surface area contributed by atoms with Crippen molar-refractivity contribution in [1.29, 1.82) is 0 Å². The van der Waals surface area contributed by atoms with Crippen molar-refractivity contribution in [3.63, 3.8) is 0 Å². The molecule has 2 N–H and O–H groups in total. The van der Waals surface area contributed by atoms with Crippen LogP contribution in [-0.4, -0.2) is 38.8 Å². The number of hydrogen-bond donors (Lipinski definition) is 2. The summed E-state index contributed by atoms with van der Waals surface area (Å²) in [5.41, 5.74) is 2.84. The van der Waals surface area contributed by atoms with Crippen molar-refractivity contribution in [2.75, 3.05) is 32.2 Å². The van der Waals surface area contributed by atoms with Gasteiger partial charge in [0.15, 0.2) is 0 Å². The lowest BCUT2D eigenvalue weighted by Gasteiger charge is -2.15. The molecule has 1 aromatic rings. The highest BCUT2D eigenvalue weighted by molar-refractivity contribution is 5.91. The molecule has 0 unspecified atom stereocenters. The zero-order valence-electron chi connectivity index (χ0n) is 14.3. The quantitative estimate of drug-likeness (QED) is 0.689. The number of benzene rings is 1. The van der Waals surface area contributed by atoms with Gasteiger partial charge in [0.1, 0.15) is 12.4 Å². The molecule has 5 heteroatoms. The third kappa shape index (κ3) is 6.45. The van der Waals surface area contributed by atoms with Gasteiger partial charge in [0, 0.05) is 25.4 Å². The summed E-state index contributed by atoms with van der Waals surface area (Å²) < 4.78 is 10.7. The lowest BCUT2D eigenvalue weighted by molar-refractivity contribution is -0.117. The summed E-state index contributed by atoms with van der Waals surface area (Å²) in [6, 6.07) is 4.32. The smallest absolute Gasteiger partial charge is 0.226 e. The molecule has 0 bridgehead atoms. The third-order valence-corrected chi connectivity index (χ3v) is 3.18. The molecule has 22 heavy (non-hydrogen) atoms. The number of nitrogens with one attached hydrogen (secondary N) is 2. The summed E-state index contributed by atoms with van der Waals surface area (Å²) >= 11 is 0. The number of rotatable bonds is 9. The van der Waals surface area contributed by atoms with E-state index in [1.807, 2.05) is 26.0 Å². The van der Waals surface area contributed by atoms with Gasteiger partial charge < -0.3 is 20.1 Å². The van der Waals surface area contributed by atoms with Crippen LogP contribution in [0.3, 0.4) is 0 Å². The molecule has 0 atom stereocenters. The highest BCUT2D eigenvalue weighted by Crippen LogP contribution is 2.27. The molecule has 0 aromatic heterocycles. The SMILES string of the molecule is COCCC(=O)Nc1cc(C)c(OCCNC(C)C)c(C)c1. The number of carbonyl (C=O) groups excluding carboxylic acids is 1. The maximum absolute atomic E-state index is 11.7. The minimum absolute atomic E-state index is 0.0459. The number of carbonyl (C=O) groups is 1. The van der Waals surface area contributed by atoms with Gasteiger partial charge >= 0.3 is 0 Å². The van der Waals surface area contributed by atoms with E-state index in [9.17, 15) is 4.79 Å². The van der Waals surface area contributed by atoms with Crippen LogP contribution in [0.4, 0.5) is 5.69 Å². The molecule has 1 rings (SSSR count). The Kier molecular flexibility index (Phi) is 7.91. The molecular formula is C17H28N2O3. The molecule has 1 amide bonds. The van der Waals surface area contributed by atoms with Crippen molar-refractivity contribution < 1.29 is 14.3 Å². The standard InChI is InChI=1S/C17H28N2O3/c1-12(2)18-7-9-22-17-13(3)10-15(11-14(17)4)19-16(20)6-8-21-5/h10-12,18H,6-9H2,1-5H3,(H,19,20). The number of amides is 1. The first-order valence-corrected chi connectivity index (χ1v) is 7.70. The Morgan fingerprint density at radius 3 is 2.36 bits per heavy atom. The lowest BCUT2D eigenvalue weighted by Crippen LogP contribution is -2.27. The van der Waals surface area contributed by atoms with Crippen LogP contribution in [-0.2, 0) is 9.53 Å². The van der Waals surface area contributed by atoms with Crippen LogP contribution in [0.1, 0.15) is 31.4 Å². The second-order valence-corrected chi connectivity index (χ2v) is 5.69. The monoisotopic (exact) mass is 308 g/mol. The highest BCUT2D eigenvalue weighted by atomic mass is 16.5. The molecule has 0 saturated heterocycles. The number of methoxy groups -OCH3 is 1. The van der Waals surface area contributed by atoms with Gasteiger partial charge in [-0.15, -0.1) is 0 Å². The summed E-state index contributed by atoms with van der Waals surface area (Å²) in [5.74, 6) is 0.843. The zero-order valence-corrected chi connectivity index (χ0v) is 14.3. The van der Waals surface area contributed by atoms with Crippen LogP contribution in [0, 0.1) is 13.8 Å². The molecule has 0 radical (unpaired) electrons. The summed E-state index contributed by atoms with van der Waals surface area (Å²) in [6.07, 6.45) is 0.355. The Hall–Kier alpha value is -1.59. The van der Waals surface area contributed by atoms with Gasteiger partial charge in [-0.05, 0) is 37.1 Å². The van der Waals surface area contributed by atoms with Gasteiger partial charge in [0.2, 0.25) is 5.91 Å². The van der Waals surface area contributed by atoms with E-state index in [4.69, 9.17) is 9.47 Å². The van der Waals surface area contributed by atoms with E-state index in [1.54, 1.807) is 7.11 Å². The molecule has 1 aromatic carbocycles. The average molecular weight is 308 g/mol. The van der Waals surface area contributed by atoms with E-state index in [0.29, 0.717) is 25.7 Å². The van der Waals surface area contributed by atoms with Crippen molar-refractivity contribution in [1.82, 2.24) is 5.32 Å². The van der Waals surface area contributed by atoms with Crippen molar-refractivity contribution in [2.24, 2.45) is 0 Å². The number of hydrogen-bond acceptors (Lipinski definition) is 4. The molecule has 0 aliphatic heterocycles. The summed E-state index contributed by atoms with van der Waals surface area (Å²) in [6.45, 7) is 10.1. The van der Waals surface area contributed by atoms with Crippen LogP contribution >= 0.6 is 0 Å². The first-order valence-electron chi connectivity index (χ1n) is 7.70. The largest absolute Gasteiger partial charge is 0.492 e. The second kappa shape index (κ2) is 9.43. The Morgan fingerprint density at radius 2 is 1.82 bits per heavy atom. The molecule has 0 saturated carbocycles. The van der Waals surface area contributed by atoms with Gasteiger partial charge in [-0.2, -0.15) is 0 Å². The number of aryl methyl sites for hydroxylation is 2.